The van der Waals surface area contributed by atoms with Crippen LogP contribution in [0.3, 0.4) is 0 Å². The molecule has 1 aliphatic rings. The third kappa shape index (κ3) is 7.68. The second-order valence-electron chi connectivity index (χ2n) is 7.07. The van der Waals surface area contributed by atoms with Crippen molar-refractivity contribution in [2.45, 2.75) is 46.3 Å². The summed E-state index contributed by atoms with van der Waals surface area (Å²) in [5, 5.41) is 6.49. The van der Waals surface area contributed by atoms with Crippen LogP contribution in [0.25, 0.3) is 0 Å². The second kappa shape index (κ2) is 12.5. The lowest BCUT2D eigenvalue weighted by molar-refractivity contribution is -0.0520. The molecule has 0 atom stereocenters. The van der Waals surface area contributed by atoms with E-state index in [0.29, 0.717) is 30.4 Å². The highest BCUT2D eigenvalue weighted by molar-refractivity contribution is 5.79. The molecule has 2 N–H and O–H groups in total. The third-order valence-electron chi connectivity index (χ3n) is 5.24. The zero-order chi connectivity index (χ0) is 21.1. The summed E-state index contributed by atoms with van der Waals surface area (Å²) in [4.78, 5) is 6.71. The van der Waals surface area contributed by atoms with Crippen molar-refractivity contribution in [3.63, 3.8) is 0 Å². The standard InChI is InChI=1S/C21H34F2N4O2/c1-4-27-13-10-16(11-14-27)9-12-25-21(24-3)26-15-17-7-6-8-18(28-5-2)19(17)29-20(22)23/h6-8,16,20H,4-5,9-15H2,1-3H3,(H2,24,25,26). The van der Waals surface area contributed by atoms with Gasteiger partial charge in [0.05, 0.1) is 6.61 Å². The van der Waals surface area contributed by atoms with Crippen molar-refractivity contribution in [3.8, 4) is 11.5 Å². The minimum atomic E-state index is -2.91. The molecule has 0 spiro atoms. The number of alkyl halides is 2. The number of hydrogen-bond donors (Lipinski definition) is 2. The average Bonchev–Trinajstić information content (AvgIpc) is 2.72. The van der Waals surface area contributed by atoms with Crippen molar-refractivity contribution < 1.29 is 18.3 Å². The molecule has 164 valence electrons. The highest BCUT2D eigenvalue weighted by Crippen LogP contribution is 2.32. The molecular weight excluding hydrogens is 378 g/mol. The fraction of sp³-hybridized carbons (Fsp3) is 0.667. The van der Waals surface area contributed by atoms with Gasteiger partial charge in [0.25, 0.3) is 0 Å². The molecule has 0 amide bonds. The molecule has 2 rings (SSSR count). The van der Waals surface area contributed by atoms with Crippen LogP contribution < -0.4 is 20.1 Å². The maximum atomic E-state index is 12.8. The summed E-state index contributed by atoms with van der Waals surface area (Å²) >= 11 is 0. The highest BCUT2D eigenvalue weighted by Gasteiger charge is 2.18. The van der Waals surface area contributed by atoms with Gasteiger partial charge in [0.2, 0.25) is 0 Å². The van der Waals surface area contributed by atoms with Gasteiger partial charge >= 0.3 is 6.61 Å². The summed E-state index contributed by atoms with van der Waals surface area (Å²) in [6.45, 7) is 6.09. The van der Waals surface area contributed by atoms with E-state index in [4.69, 9.17) is 9.47 Å². The van der Waals surface area contributed by atoms with Gasteiger partial charge in [-0.25, -0.2) is 0 Å². The zero-order valence-corrected chi connectivity index (χ0v) is 17.7. The normalized spacial score (nSPS) is 16.1. The van der Waals surface area contributed by atoms with E-state index in [9.17, 15) is 8.78 Å². The van der Waals surface area contributed by atoms with E-state index in [2.05, 4.69) is 27.4 Å². The molecule has 1 aliphatic heterocycles. The summed E-state index contributed by atoms with van der Waals surface area (Å²) in [6, 6.07) is 5.13. The number of guanidine groups is 1. The summed E-state index contributed by atoms with van der Waals surface area (Å²) < 4.78 is 35.8. The lowest BCUT2D eigenvalue weighted by atomic mass is 9.93. The smallest absolute Gasteiger partial charge is 0.387 e. The Morgan fingerprint density at radius 2 is 2.00 bits per heavy atom. The molecule has 0 unspecified atom stereocenters. The Bertz CT molecular complexity index is 635. The molecule has 6 nitrogen and oxygen atoms in total. The number of nitrogens with zero attached hydrogens (tertiary/aromatic N) is 2. The van der Waals surface area contributed by atoms with Crippen LogP contribution in [-0.2, 0) is 6.54 Å². The fourth-order valence-corrected chi connectivity index (χ4v) is 3.58. The molecule has 1 saturated heterocycles. The fourth-order valence-electron chi connectivity index (χ4n) is 3.58. The van der Waals surface area contributed by atoms with Gasteiger partial charge in [-0.2, -0.15) is 8.78 Å². The van der Waals surface area contributed by atoms with E-state index in [1.54, 1.807) is 32.2 Å². The van der Waals surface area contributed by atoms with Crippen LogP contribution in [0.2, 0.25) is 0 Å². The Labute approximate surface area is 172 Å². The average molecular weight is 413 g/mol. The number of likely N-dealkylation sites (tertiary alicyclic amines) is 1. The number of nitrogens with one attached hydrogen (secondary N) is 2. The predicted octanol–water partition coefficient (Wildman–Crippen LogP) is 3.47. The maximum Gasteiger partial charge on any atom is 0.387 e. The van der Waals surface area contributed by atoms with Crippen molar-refractivity contribution >= 4 is 5.96 Å². The van der Waals surface area contributed by atoms with Crippen molar-refractivity contribution in [2.75, 3.05) is 39.8 Å². The van der Waals surface area contributed by atoms with E-state index < -0.39 is 6.61 Å². The first-order valence-electron chi connectivity index (χ1n) is 10.4. The van der Waals surface area contributed by atoms with Gasteiger partial charge in [0.1, 0.15) is 0 Å². The summed E-state index contributed by atoms with van der Waals surface area (Å²) in [5.41, 5.74) is 0.589. The molecule has 1 aromatic rings. The van der Waals surface area contributed by atoms with Crippen molar-refractivity contribution in [1.82, 2.24) is 15.5 Å². The molecule has 0 radical (unpaired) electrons. The monoisotopic (exact) mass is 412 g/mol. The van der Waals surface area contributed by atoms with E-state index in [-0.39, 0.29) is 5.75 Å². The minimum Gasteiger partial charge on any atom is -0.490 e. The van der Waals surface area contributed by atoms with Crippen molar-refractivity contribution in [2.24, 2.45) is 10.9 Å². The molecule has 1 heterocycles. The Kier molecular flexibility index (Phi) is 9.97. The van der Waals surface area contributed by atoms with Gasteiger partial charge < -0.3 is 25.0 Å². The minimum absolute atomic E-state index is 0.0648. The van der Waals surface area contributed by atoms with E-state index >= 15 is 0 Å². The van der Waals surface area contributed by atoms with Gasteiger partial charge in [-0.1, -0.05) is 19.1 Å². The summed E-state index contributed by atoms with van der Waals surface area (Å²) in [7, 11) is 1.70. The maximum absolute atomic E-state index is 12.8. The molecule has 1 aromatic carbocycles. The Balaban J connectivity index is 1.85. The first kappa shape index (κ1) is 23.2. The quantitative estimate of drug-likeness (QED) is 0.455. The van der Waals surface area contributed by atoms with Gasteiger partial charge in [0.15, 0.2) is 17.5 Å². The number of ether oxygens (including phenoxy) is 2. The van der Waals surface area contributed by atoms with Gasteiger partial charge in [-0.15, -0.1) is 0 Å². The van der Waals surface area contributed by atoms with Crippen molar-refractivity contribution in [3.05, 3.63) is 23.8 Å². The number of halogens is 2. The largest absolute Gasteiger partial charge is 0.490 e. The topological polar surface area (TPSA) is 58.1 Å². The number of benzene rings is 1. The molecule has 0 aliphatic carbocycles. The van der Waals surface area contributed by atoms with Crippen LogP contribution in [-0.4, -0.2) is 57.3 Å². The zero-order valence-electron chi connectivity index (χ0n) is 17.7. The van der Waals surface area contributed by atoms with E-state index in [1.165, 1.54) is 25.9 Å². The summed E-state index contributed by atoms with van der Waals surface area (Å²) in [6.07, 6.45) is 3.57. The van der Waals surface area contributed by atoms with Crippen LogP contribution >= 0.6 is 0 Å². The van der Waals surface area contributed by atoms with E-state index in [1.807, 2.05) is 0 Å². The second-order valence-corrected chi connectivity index (χ2v) is 7.07. The number of rotatable bonds is 10. The number of piperidine rings is 1. The van der Waals surface area contributed by atoms with Gasteiger partial charge in [-0.05, 0) is 57.8 Å². The summed E-state index contributed by atoms with van der Waals surface area (Å²) in [5.74, 6) is 1.75. The van der Waals surface area contributed by atoms with Gasteiger partial charge in [-0.3, -0.25) is 4.99 Å². The highest BCUT2D eigenvalue weighted by atomic mass is 19.3. The van der Waals surface area contributed by atoms with Gasteiger partial charge in [0, 0.05) is 25.7 Å². The predicted molar refractivity (Wildman–Crippen MR) is 112 cm³/mol. The van der Waals surface area contributed by atoms with Crippen LogP contribution in [0.15, 0.2) is 23.2 Å². The lowest BCUT2D eigenvalue weighted by Crippen LogP contribution is -2.39. The van der Waals surface area contributed by atoms with Crippen LogP contribution in [0.5, 0.6) is 11.5 Å². The Morgan fingerprint density at radius 1 is 1.24 bits per heavy atom. The Morgan fingerprint density at radius 3 is 2.62 bits per heavy atom. The number of para-hydroxylation sites is 1. The first-order valence-corrected chi connectivity index (χ1v) is 10.4. The molecular formula is C21H34F2N4O2. The molecule has 0 bridgehead atoms. The number of aliphatic imine (C=N–C) groups is 1. The molecule has 0 aromatic heterocycles. The molecule has 29 heavy (non-hydrogen) atoms. The molecule has 1 fully saturated rings. The number of hydrogen-bond acceptors (Lipinski definition) is 4. The Hall–Kier alpha value is -2.09. The van der Waals surface area contributed by atoms with Crippen molar-refractivity contribution in [1.29, 1.82) is 0 Å². The van der Waals surface area contributed by atoms with Crippen LogP contribution in [0, 0.1) is 5.92 Å². The lowest BCUT2D eigenvalue weighted by Gasteiger charge is -2.31. The third-order valence-corrected chi connectivity index (χ3v) is 5.24. The SMILES string of the molecule is CCOc1cccc(CNC(=NC)NCCC2CCN(CC)CC2)c1OC(F)F. The molecule has 0 saturated carbocycles. The molecule has 8 heteroatoms. The van der Waals surface area contributed by atoms with Crippen LogP contribution in [0.1, 0.15) is 38.7 Å². The van der Waals surface area contributed by atoms with E-state index in [0.717, 1.165) is 25.4 Å². The first-order chi connectivity index (χ1) is 14.1. The van der Waals surface area contributed by atoms with Crippen LogP contribution in [0.4, 0.5) is 8.78 Å².